The molecular weight excluding hydrogens is 164 g/mol. The minimum Gasteiger partial charge on any atom is -0.296 e. The lowest BCUT2D eigenvalue weighted by molar-refractivity contribution is 0.565. The van der Waals surface area contributed by atoms with Gasteiger partial charge < -0.3 is 0 Å². The molecule has 0 aliphatic heterocycles. The van der Waals surface area contributed by atoms with Crippen LogP contribution in [-0.2, 0) is 7.05 Å². The van der Waals surface area contributed by atoms with Crippen LogP contribution in [0.5, 0.6) is 0 Å². The molecule has 0 aliphatic rings. The number of hydrogen-bond donors (Lipinski definition) is 2. The van der Waals surface area contributed by atoms with E-state index in [9.17, 15) is 0 Å². The Balaban J connectivity index is 2.32. The normalized spacial score (nSPS) is 10.2. The van der Waals surface area contributed by atoms with E-state index >= 15 is 0 Å². The van der Waals surface area contributed by atoms with E-state index in [-0.39, 0.29) is 0 Å². The quantitative estimate of drug-likeness (QED) is 0.659. The SMILES string of the molecule is Cn1[nH]nc1C(=N)c1ccccc1. The van der Waals surface area contributed by atoms with Crippen LogP contribution in [0.2, 0.25) is 0 Å². The fourth-order valence-corrected chi connectivity index (χ4v) is 1.16. The number of nitrogens with zero attached hydrogens (tertiary/aromatic N) is 2. The minimum atomic E-state index is 0.446. The maximum absolute atomic E-state index is 7.80. The topological polar surface area (TPSA) is 57.5 Å². The van der Waals surface area contributed by atoms with E-state index in [1.807, 2.05) is 37.4 Å². The molecule has 66 valence electrons. The Hall–Kier alpha value is -1.84. The van der Waals surface area contributed by atoms with Crippen molar-refractivity contribution in [2.24, 2.45) is 7.05 Å². The van der Waals surface area contributed by atoms with Crippen LogP contribution >= 0.6 is 0 Å². The summed E-state index contributed by atoms with van der Waals surface area (Å²) in [5.41, 5.74) is 1.33. The number of rotatable bonds is 2. The van der Waals surface area contributed by atoms with Crippen LogP contribution in [0.25, 0.3) is 0 Å². The Bertz CT molecular complexity index is 410. The van der Waals surface area contributed by atoms with Crippen molar-refractivity contribution in [1.29, 1.82) is 5.41 Å². The highest BCUT2D eigenvalue weighted by molar-refractivity contribution is 6.08. The van der Waals surface area contributed by atoms with Crippen LogP contribution in [0.1, 0.15) is 11.4 Å². The summed E-state index contributed by atoms with van der Waals surface area (Å²) in [4.78, 5) is 0. The first-order chi connectivity index (χ1) is 6.29. The zero-order valence-corrected chi connectivity index (χ0v) is 7.28. The molecule has 1 aromatic heterocycles. The third-order valence-corrected chi connectivity index (χ3v) is 1.91. The van der Waals surface area contributed by atoms with Crippen molar-refractivity contribution >= 4 is 5.71 Å². The molecule has 0 spiro atoms. The van der Waals surface area contributed by atoms with Crippen molar-refractivity contribution in [2.75, 3.05) is 0 Å². The van der Waals surface area contributed by atoms with E-state index in [1.54, 1.807) is 4.68 Å². The molecule has 0 radical (unpaired) electrons. The molecule has 1 aromatic carbocycles. The minimum absolute atomic E-state index is 0.446. The summed E-state index contributed by atoms with van der Waals surface area (Å²) in [5, 5.41) is 14.4. The number of aromatic amines is 1. The summed E-state index contributed by atoms with van der Waals surface area (Å²) in [6, 6.07) is 9.56. The third kappa shape index (κ3) is 1.26. The summed E-state index contributed by atoms with van der Waals surface area (Å²) in [6.45, 7) is 0. The Labute approximate surface area is 75.7 Å². The second kappa shape index (κ2) is 2.90. The summed E-state index contributed by atoms with van der Waals surface area (Å²) < 4.78 is 1.72. The maximum atomic E-state index is 7.80. The number of nitrogens with one attached hydrogen (secondary N) is 2. The van der Waals surface area contributed by atoms with Gasteiger partial charge in [0, 0.05) is 12.6 Å². The number of H-pyrrole nitrogens is 1. The predicted octanol–water partition coefficient (Wildman–Crippen LogP) is 1.16. The Kier molecular flexibility index (Phi) is 1.73. The average molecular weight is 174 g/mol. The van der Waals surface area contributed by atoms with Crippen LogP contribution in [0.15, 0.2) is 30.3 Å². The van der Waals surface area contributed by atoms with Gasteiger partial charge in [-0.3, -0.25) is 10.1 Å². The third-order valence-electron chi connectivity index (χ3n) is 1.91. The molecule has 4 nitrogen and oxygen atoms in total. The van der Waals surface area contributed by atoms with Crippen LogP contribution < -0.4 is 0 Å². The molecule has 0 bridgehead atoms. The van der Waals surface area contributed by atoms with E-state index in [4.69, 9.17) is 5.41 Å². The monoisotopic (exact) mass is 174 g/mol. The molecule has 0 aliphatic carbocycles. The Morgan fingerprint density at radius 1 is 1.38 bits per heavy atom. The van der Waals surface area contributed by atoms with Gasteiger partial charge in [-0.15, -0.1) is 5.10 Å². The first kappa shape index (κ1) is 7.79. The highest BCUT2D eigenvalue weighted by atomic mass is 15.5. The zero-order chi connectivity index (χ0) is 9.26. The number of aryl methyl sites for hydroxylation is 1. The van der Waals surface area contributed by atoms with Crippen molar-refractivity contribution in [3.8, 4) is 0 Å². The highest BCUT2D eigenvalue weighted by Crippen LogP contribution is 2.05. The number of aromatic nitrogens is 3. The summed E-state index contributed by atoms with van der Waals surface area (Å²) >= 11 is 0. The fraction of sp³-hybridized carbons (Fsp3) is 0.111. The summed E-state index contributed by atoms with van der Waals surface area (Å²) in [6.07, 6.45) is 0. The summed E-state index contributed by atoms with van der Waals surface area (Å²) in [5.74, 6) is 0.672. The average Bonchev–Trinajstić information content (AvgIpc) is 2.17. The van der Waals surface area contributed by atoms with Crippen LogP contribution in [-0.4, -0.2) is 20.7 Å². The van der Waals surface area contributed by atoms with E-state index in [0.717, 1.165) is 5.56 Å². The first-order valence-electron chi connectivity index (χ1n) is 4.00. The predicted molar refractivity (Wildman–Crippen MR) is 49.9 cm³/mol. The van der Waals surface area contributed by atoms with Gasteiger partial charge in [-0.1, -0.05) is 30.3 Å². The maximum Gasteiger partial charge on any atom is 0.195 e. The molecule has 1 heterocycles. The van der Waals surface area contributed by atoms with Crippen LogP contribution in [0.4, 0.5) is 0 Å². The molecule has 0 atom stereocenters. The Morgan fingerprint density at radius 3 is 2.54 bits per heavy atom. The molecule has 0 fully saturated rings. The van der Waals surface area contributed by atoms with Gasteiger partial charge in [0.05, 0.1) is 0 Å². The number of benzene rings is 1. The van der Waals surface area contributed by atoms with Gasteiger partial charge in [0.2, 0.25) is 0 Å². The largest absolute Gasteiger partial charge is 0.296 e. The lowest BCUT2D eigenvalue weighted by Crippen LogP contribution is -2.21. The molecule has 13 heavy (non-hydrogen) atoms. The van der Waals surface area contributed by atoms with Crippen LogP contribution in [0, 0.1) is 5.41 Å². The molecule has 2 aromatic rings. The van der Waals surface area contributed by atoms with Crippen molar-refractivity contribution in [1.82, 2.24) is 15.0 Å². The standard InChI is InChI=1S/C9H10N4/c1-13-9(11-12-13)8(10)7-5-3-2-4-6-7/h2-6,10,12H,1H3. The molecule has 2 N–H and O–H groups in total. The summed E-state index contributed by atoms with van der Waals surface area (Å²) in [7, 11) is 1.83. The van der Waals surface area contributed by atoms with Gasteiger partial charge >= 0.3 is 0 Å². The van der Waals surface area contributed by atoms with E-state index in [0.29, 0.717) is 11.5 Å². The lowest BCUT2D eigenvalue weighted by Gasteiger charge is -2.11. The molecule has 0 saturated carbocycles. The second-order valence-corrected chi connectivity index (χ2v) is 2.84. The lowest BCUT2D eigenvalue weighted by atomic mass is 10.1. The van der Waals surface area contributed by atoms with Crippen molar-refractivity contribution in [2.45, 2.75) is 0 Å². The van der Waals surface area contributed by atoms with Gasteiger partial charge in [-0.2, -0.15) is 0 Å². The van der Waals surface area contributed by atoms with Crippen molar-refractivity contribution in [3.05, 3.63) is 41.7 Å². The van der Waals surface area contributed by atoms with Gasteiger partial charge in [-0.25, -0.2) is 5.21 Å². The van der Waals surface area contributed by atoms with E-state index in [1.165, 1.54) is 0 Å². The molecule has 0 saturated heterocycles. The van der Waals surface area contributed by atoms with Gasteiger partial charge in [0.25, 0.3) is 0 Å². The smallest absolute Gasteiger partial charge is 0.195 e. The van der Waals surface area contributed by atoms with Crippen LogP contribution in [0.3, 0.4) is 0 Å². The molecule has 0 amide bonds. The molecular formula is C9H10N4. The number of hydrogen-bond acceptors (Lipinski definition) is 2. The van der Waals surface area contributed by atoms with Gasteiger partial charge in [-0.05, 0) is 0 Å². The van der Waals surface area contributed by atoms with Crippen molar-refractivity contribution in [3.63, 3.8) is 0 Å². The second-order valence-electron chi connectivity index (χ2n) is 2.84. The highest BCUT2D eigenvalue weighted by Gasteiger charge is 2.10. The Morgan fingerprint density at radius 2 is 2.08 bits per heavy atom. The van der Waals surface area contributed by atoms with Gasteiger partial charge in [0.15, 0.2) is 5.82 Å². The van der Waals surface area contributed by atoms with E-state index in [2.05, 4.69) is 10.3 Å². The van der Waals surface area contributed by atoms with E-state index < -0.39 is 0 Å². The molecule has 0 unspecified atom stereocenters. The van der Waals surface area contributed by atoms with Crippen molar-refractivity contribution < 1.29 is 0 Å². The van der Waals surface area contributed by atoms with Gasteiger partial charge in [0.1, 0.15) is 5.71 Å². The zero-order valence-electron chi connectivity index (χ0n) is 7.28. The molecule has 4 heteroatoms. The fourth-order valence-electron chi connectivity index (χ4n) is 1.16. The first-order valence-corrected chi connectivity index (χ1v) is 4.00. The molecule has 2 rings (SSSR count).